The van der Waals surface area contributed by atoms with E-state index in [2.05, 4.69) is 35.5 Å². The Kier molecular flexibility index (Phi) is 6.44. The lowest BCUT2D eigenvalue weighted by Crippen LogP contribution is -2.25. The Labute approximate surface area is 201 Å². The summed E-state index contributed by atoms with van der Waals surface area (Å²) < 4.78 is 16.7. The highest BCUT2D eigenvalue weighted by molar-refractivity contribution is 5.65. The van der Waals surface area contributed by atoms with E-state index in [0.717, 1.165) is 30.6 Å². The predicted octanol–water partition coefficient (Wildman–Crippen LogP) is 3.02. The number of aromatic amines is 1. The molecule has 0 aliphatic carbocycles. The Hall–Kier alpha value is -4.19. The largest absolute Gasteiger partial charge is 0.481 e. The number of aryl methyl sites for hydroxylation is 1. The molecule has 12 nitrogen and oxygen atoms in total. The summed E-state index contributed by atoms with van der Waals surface area (Å²) in [6.45, 7) is 2.66. The van der Waals surface area contributed by atoms with Gasteiger partial charge in [0.25, 0.3) is 0 Å². The number of nitrogens with one attached hydrogen (secondary N) is 2. The van der Waals surface area contributed by atoms with Gasteiger partial charge in [0.05, 0.1) is 25.3 Å². The molecule has 0 aromatic carbocycles. The van der Waals surface area contributed by atoms with Crippen LogP contribution in [0.1, 0.15) is 30.3 Å². The van der Waals surface area contributed by atoms with Crippen molar-refractivity contribution in [2.75, 3.05) is 37.1 Å². The van der Waals surface area contributed by atoms with Crippen molar-refractivity contribution in [2.24, 2.45) is 0 Å². The fraction of sp³-hybridized carbons (Fsp3) is 0.348. The van der Waals surface area contributed by atoms with E-state index < -0.39 is 0 Å². The van der Waals surface area contributed by atoms with Gasteiger partial charge in [-0.05, 0) is 31.9 Å². The molecule has 4 aromatic heterocycles. The number of hydrogen-bond acceptors (Lipinski definition) is 11. The third-order valence-corrected chi connectivity index (χ3v) is 5.60. The molecule has 35 heavy (non-hydrogen) atoms. The van der Waals surface area contributed by atoms with Gasteiger partial charge in [0, 0.05) is 36.6 Å². The molecule has 0 radical (unpaired) electrons. The van der Waals surface area contributed by atoms with E-state index in [1.165, 1.54) is 0 Å². The summed E-state index contributed by atoms with van der Waals surface area (Å²) in [5.74, 6) is 3.17. The van der Waals surface area contributed by atoms with E-state index in [1.807, 2.05) is 31.2 Å². The van der Waals surface area contributed by atoms with E-state index in [9.17, 15) is 5.11 Å². The molecule has 182 valence electrons. The summed E-state index contributed by atoms with van der Waals surface area (Å²) in [4.78, 5) is 15.6. The molecule has 1 fully saturated rings. The molecule has 3 N–H and O–H groups in total. The molecule has 1 aliphatic heterocycles. The van der Waals surface area contributed by atoms with Crippen LogP contribution in [0.2, 0.25) is 0 Å². The van der Waals surface area contributed by atoms with Crippen LogP contribution in [-0.2, 0) is 0 Å². The Morgan fingerprint density at radius 1 is 1.26 bits per heavy atom. The second-order valence-corrected chi connectivity index (χ2v) is 8.05. The van der Waals surface area contributed by atoms with Gasteiger partial charge in [-0.25, -0.2) is 4.98 Å². The normalized spacial score (nSPS) is 15.4. The van der Waals surface area contributed by atoms with Crippen molar-refractivity contribution >= 4 is 17.6 Å². The number of H-pyrrole nitrogens is 1. The minimum Gasteiger partial charge on any atom is -0.481 e. The first kappa shape index (κ1) is 22.6. The van der Waals surface area contributed by atoms with Crippen LogP contribution >= 0.6 is 0 Å². The Morgan fingerprint density at radius 3 is 2.97 bits per heavy atom. The quantitative estimate of drug-likeness (QED) is 0.326. The monoisotopic (exact) mass is 478 g/mol. The number of methoxy groups -OCH3 is 1. The molecule has 0 bridgehead atoms. The van der Waals surface area contributed by atoms with Crippen LogP contribution in [0.25, 0.3) is 11.3 Å². The molecule has 5 heterocycles. The molecule has 1 aliphatic rings. The fourth-order valence-electron chi connectivity index (χ4n) is 4.07. The lowest BCUT2D eigenvalue weighted by Gasteiger charge is -2.23. The number of aromatic nitrogens is 6. The molecule has 0 unspecified atom stereocenters. The minimum absolute atomic E-state index is 0.104. The van der Waals surface area contributed by atoms with Gasteiger partial charge in [-0.1, -0.05) is 5.16 Å². The molecule has 1 atom stereocenters. The molecule has 0 saturated carbocycles. The summed E-state index contributed by atoms with van der Waals surface area (Å²) in [5.41, 5.74) is 2.32. The topological polar surface area (TPSA) is 147 Å². The third-order valence-electron chi connectivity index (χ3n) is 5.60. The first-order valence-corrected chi connectivity index (χ1v) is 11.3. The zero-order valence-corrected chi connectivity index (χ0v) is 19.4. The molecule has 0 amide bonds. The molecule has 0 spiro atoms. The van der Waals surface area contributed by atoms with Gasteiger partial charge < -0.3 is 29.3 Å². The van der Waals surface area contributed by atoms with Gasteiger partial charge in [-0.2, -0.15) is 15.1 Å². The molecule has 12 heteroatoms. The van der Waals surface area contributed by atoms with Crippen LogP contribution in [0.4, 0.5) is 17.6 Å². The van der Waals surface area contributed by atoms with Crippen molar-refractivity contribution in [3.8, 4) is 23.0 Å². The second kappa shape index (κ2) is 9.97. The number of aliphatic hydroxyl groups excluding tert-OH is 1. The van der Waals surface area contributed by atoms with Crippen LogP contribution in [0.15, 0.2) is 41.1 Å². The predicted molar refractivity (Wildman–Crippen MR) is 127 cm³/mol. The fourth-order valence-corrected chi connectivity index (χ4v) is 4.07. The van der Waals surface area contributed by atoms with Gasteiger partial charge >= 0.3 is 0 Å². The van der Waals surface area contributed by atoms with E-state index >= 15 is 0 Å². The number of hydrogen-bond donors (Lipinski definition) is 3. The van der Waals surface area contributed by atoms with Crippen molar-refractivity contribution in [2.45, 2.75) is 25.8 Å². The smallest absolute Gasteiger partial charge is 0.231 e. The molecule has 4 aromatic rings. The number of nitrogens with zero attached hydrogens (tertiary/aromatic N) is 6. The second-order valence-electron chi connectivity index (χ2n) is 8.05. The van der Waals surface area contributed by atoms with Crippen LogP contribution < -0.4 is 19.7 Å². The average Bonchev–Trinajstić information content (AvgIpc) is 3.63. The van der Waals surface area contributed by atoms with Gasteiger partial charge in [-0.3, -0.25) is 5.10 Å². The van der Waals surface area contributed by atoms with E-state index in [4.69, 9.17) is 19.0 Å². The Morgan fingerprint density at radius 2 is 2.17 bits per heavy atom. The first-order chi connectivity index (χ1) is 17.1. The van der Waals surface area contributed by atoms with Gasteiger partial charge in [-0.15, -0.1) is 0 Å². The summed E-state index contributed by atoms with van der Waals surface area (Å²) >= 11 is 0. The van der Waals surface area contributed by atoms with Crippen LogP contribution in [0.5, 0.6) is 11.8 Å². The van der Waals surface area contributed by atoms with Crippen molar-refractivity contribution in [1.29, 1.82) is 0 Å². The lowest BCUT2D eigenvalue weighted by molar-refractivity contribution is 0.196. The maximum atomic E-state index is 9.20. The van der Waals surface area contributed by atoms with E-state index in [1.54, 1.807) is 19.4 Å². The van der Waals surface area contributed by atoms with E-state index in [-0.39, 0.29) is 19.3 Å². The summed E-state index contributed by atoms with van der Waals surface area (Å²) in [6, 6.07) is 9.06. The summed E-state index contributed by atoms with van der Waals surface area (Å²) in [5, 5.41) is 23.7. The van der Waals surface area contributed by atoms with Crippen LogP contribution in [0, 0.1) is 6.92 Å². The summed E-state index contributed by atoms with van der Waals surface area (Å²) in [7, 11) is 1.57. The van der Waals surface area contributed by atoms with Crippen molar-refractivity contribution in [1.82, 2.24) is 30.3 Å². The minimum atomic E-state index is -0.119. The standard InChI is InChI=1S/C23H26N8O4/c1-14-11-20(29-28-14)25-19-13-21(34-10-9-32)27-23(26-19)31-8-4-6-17(31)18-12-16(30-35-18)15-5-3-7-24-22(15)33-2/h3,5,7,11-13,17,32H,4,6,8-10H2,1-2H3,(H2,25,26,27,28,29)/t17-/m0/s1. The number of ether oxygens (including phenoxy) is 2. The lowest BCUT2D eigenvalue weighted by atomic mass is 10.1. The molecule has 5 rings (SSSR count). The average molecular weight is 479 g/mol. The maximum Gasteiger partial charge on any atom is 0.231 e. The number of rotatable bonds is 9. The number of aliphatic hydroxyl groups is 1. The third kappa shape index (κ3) is 4.87. The van der Waals surface area contributed by atoms with E-state index in [0.29, 0.717) is 40.8 Å². The zero-order valence-electron chi connectivity index (χ0n) is 19.4. The van der Waals surface area contributed by atoms with Crippen molar-refractivity contribution < 1.29 is 19.1 Å². The highest BCUT2D eigenvalue weighted by atomic mass is 16.5. The van der Waals surface area contributed by atoms with Gasteiger partial charge in [0.15, 0.2) is 11.6 Å². The highest BCUT2D eigenvalue weighted by Crippen LogP contribution is 2.38. The van der Waals surface area contributed by atoms with Gasteiger partial charge in [0.2, 0.25) is 17.7 Å². The molecular weight excluding hydrogens is 452 g/mol. The molecule has 1 saturated heterocycles. The first-order valence-electron chi connectivity index (χ1n) is 11.3. The van der Waals surface area contributed by atoms with Crippen LogP contribution in [0.3, 0.4) is 0 Å². The SMILES string of the molecule is COc1ncccc1-c1cc([C@@H]2CCCN2c2nc(Nc3cc(C)[nH]n3)cc(OCCO)n2)on1. The molecular formula is C23H26N8O4. The van der Waals surface area contributed by atoms with Crippen molar-refractivity contribution in [3.05, 3.63) is 48.0 Å². The van der Waals surface area contributed by atoms with Crippen LogP contribution in [-0.4, -0.2) is 62.3 Å². The Bertz CT molecular complexity index is 1290. The number of pyridine rings is 1. The highest BCUT2D eigenvalue weighted by Gasteiger charge is 2.32. The zero-order chi connectivity index (χ0) is 24.2. The maximum absolute atomic E-state index is 9.20. The summed E-state index contributed by atoms with van der Waals surface area (Å²) in [6.07, 6.45) is 3.45. The van der Waals surface area contributed by atoms with Crippen molar-refractivity contribution in [3.63, 3.8) is 0 Å². The Balaban J connectivity index is 1.44. The number of anilines is 3. The van der Waals surface area contributed by atoms with Gasteiger partial charge in [0.1, 0.15) is 18.1 Å².